The zero-order chi connectivity index (χ0) is 13.9. The standard InChI is InChI=1S/C14H13BrN2O3/c15-10-1-2-11(17-6-10)7-18-12-4-14-13(19-8-20-14)3-9(12)5-16/h1-4,6H,5,7-8,16H2. The summed E-state index contributed by atoms with van der Waals surface area (Å²) in [6.07, 6.45) is 1.74. The number of hydrogen-bond acceptors (Lipinski definition) is 5. The second-order valence-corrected chi connectivity index (χ2v) is 5.19. The van der Waals surface area contributed by atoms with E-state index in [1.807, 2.05) is 24.3 Å². The van der Waals surface area contributed by atoms with Gasteiger partial charge in [0.2, 0.25) is 6.79 Å². The van der Waals surface area contributed by atoms with Crippen molar-refractivity contribution in [3.63, 3.8) is 0 Å². The van der Waals surface area contributed by atoms with Crippen molar-refractivity contribution in [1.29, 1.82) is 0 Å². The van der Waals surface area contributed by atoms with E-state index in [0.717, 1.165) is 15.7 Å². The van der Waals surface area contributed by atoms with Gasteiger partial charge in [0.15, 0.2) is 11.5 Å². The number of halogens is 1. The molecule has 5 nitrogen and oxygen atoms in total. The Hall–Kier alpha value is -1.79. The monoisotopic (exact) mass is 336 g/mol. The molecule has 6 heteroatoms. The summed E-state index contributed by atoms with van der Waals surface area (Å²) in [6.45, 7) is 0.983. The van der Waals surface area contributed by atoms with Gasteiger partial charge in [0, 0.05) is 28.8 Å². The normalized spacial score (nSPS) is 12.5. The van der Waals surface area contributed by atoms with Crippen LogP contribution in [0.5, 0.6) is 17.2 Å². The van der Waals surface area contributed by atoms with Crippen molar-refractivity contribution in [1.82, 2.24) is 4.98 Å². The predicted octanol–water partition coefficient (Wildman–Crippen LogP) is 2.61. The molecule has 0 spiro atoms. The summed E-state index contributed by atoms with van der Waals surface area (Å²) in [5.41, 5.74) is 7.46. The van der Waals surface area contributed by atoms with E-state index >= 15 is 0 Å². The van der Waals surface area contributed by atoms with E-state index in [1.165, 1.54) is 0 Å². The van der Waals surface area contributed by atoms with Gasteiger partial charge in [-0.05, 0) is 34.1 Å². The lowest BCUT2D eigenvalue weighted by atomic mass is 10.2. The van der Waals surface area contributed by atoms with Crippen molar-refractivity contribution in [3.8, 4) is 17.2 Å². The molecule has 1 aliphatic heterocycles. The average molecular weight is 337 g/mol. The van der Waals surface area contributed by atoms with Gasteiger partial charge in [-0.1, -0.05) is 0 Å². The lowest BCUT2D eigenvalue weighted by Crippen LogP contribution is -2.03. The van der Waals surface area contributed by atoms with Gasteiger partial charge < -0.3 is 19.9 Å². The van der Waals surface area contributed by atoms with Crippen LogP contribution in [0.1, 0.15) is 11.3 Å². The average Bonchev–Trinajstić information content (AvgIpc) is 2.92. The summed E-state index contributed by atoms with van der Waals surface area (Å²) in [5, 5.41) is 0. The number of benzene rings is 1. The molecule has 0 saturated heterocycles. The minimum Gasteiger partial charge on any atom is -0.487 e. The molecule has 0 fully saturated rings. The first-order valence-electron chi connectivity index (χ1n) is 6.12. The maximum Gasteiger partial charge on any atom is 0.231 e. The molecule has 1 aromatic carbocycles. The highest BCUT2D eigenvalue weighted by Gasteiger charge is 2.17. The Morgan fingerprint density at radius 2 is 2.05 bits per heavy atom. The SMILES string of the molecule is NCc1cc2c(cc1OCc1ccc(Br)cn1)OCO2. The summed E-state index contributed by atoms with van der Waals surface area (Å²) in [6, 6.07) is 7.49. The molecule has 1 aromatic heterocycles. The van der Waals surface area contributed by atoms with Gasteiger partial charge in [0.05, 0.1) is 5.69 Å². The molecule has 0 atom stereocenters. The van der Waals surface area contributed by atoms with Crippen molar-refractivity contribution >= 4 is 15.9 Å². The zero-order valence-corrected chi connectivity index (χ0v) is 12.2. The second kappa shape index (κ2) is 5.68. The van der Waals surface area contributed by atoms with Crippen molar-refractivity contribution in [3.05, 3.63) is 46.2 Å². The third-order valence-corrected chi connectivity index (χ3v) is 3.41. The minimum absolute atomic E-state index is 0.233. The molecule has 20 heavy (non-hydrogen) atoms. The summed E-state index contributed by atoms with van der Waals surface area (Å²) in [5.74, 6) is 2.09. The van der Waals surface area contributed by atoms with Crippen LogP contribution in [0.3, 0.4) is 0 Å². The van der Waals surface area contributed by atoms with Gasteiger partial charge in [-0.2, -0.15) is 0 Å². The molecule has 0 unspecified atom stereocenters. The van der Waals surface area contributed by atoms with Crippen LogP contribution in [0.4, 0.5) is 0 Å². The smallest absolute Gasteiger partial charge is 0.231 e. The van der Waals surface area contributed by atoms with Gasteiger partial charge in [0.1, 0.15) is 12.4 Å². The lowest BCUT2D eigenvalue weighted by molar-refractivity contribution is 0.173. The van der Waals surface area contributed by atoms with E-state index in [9.17, 15) is 0 Å². The molecule has 104 valence electrons. The lowest BCUT2D eigenvalue weighted by Gasteiger charge is -2.11. The fraction of sp³-hybridized carbons (Fsp3) is 0.214. The molecule has 2 aromatic rings. The van der Waals surface area contributed by atoms with Gasteiger partial charge in [0.25, 0.3) is 0 Å². The summed E-state index contributed by atoms with van der Waals surface area (Å²) in [4.78, 5) is 4.26. The van der Waals surface area contributed by atoms with E-state index in [4.69, 9.17) is 19.9 Å². The van der Waals surface area contributed by atoms with Crippen molar-refractivity contribution < 1.29 is 14.2 Å². The number of fused-ring (bicyclic) bond motifs is 1. The van der Waals surface area contributed by atoms with Crippen LogP contribution in [-0.4, -0.2) is 11.8 Å². The molecule has 0 amide bonds. The Balaban J connectivity index is 1.78. The zero-order valence-electron chi connectivity index (χ0n) is 10.6. The summed E-state index contributed by atoms with van der Waals surface area (Å²) < 4.78 is 17.4. The van der Waals surface area contributed by atoms with Crippen LogP contribution in [0.15, 0.2) is 34.9 Å². The highest BCUT2D eigenvalue weighted by molar-refractivity contribution is 9.10. The number of ether oxygens (including phenoxy) is 3. The molecule has 2 N–H and O–H groups in total. The van der Waals surface area contributed by atoms with Crippen LogP contribution in [-0.2, 0) is 13.2 Å². The second-order valence-electron chi connectivity index (χ2n) is 4.27. The molecular weight excluding hydrogens is 324 g/mol. The van der Waals surface area contributed by atoms with Crippen molar-refractivity contribution in [2.75, 3.05) is 6.79 Å². The molecule has 1 aliphatic rings. The Morgan fingerprint density at radius 1 is 1.25 bits per heavy atom. The van der Waals surface area contributed by atoms with E-state index in [0.29, 0.717) is 30.4 Å². The summed E-state index contributed by atoms with van der Waals surface area (Å²) in [7, 11) is 0. The maximum absolute atomic E-state index is 5.79. The third kappa shape index (κ3) is 2.71. The van der Waals surface area contributed by atoms with Crippen LogP contribution in [0.2, 0.25) is 0 Å². The minimum atomic E-state index is 0.233. The van der Waals surface area contributed by atoms with Gasteiger partial charge in [-0.25, -0.2) is 0 Å². The van der Waals surface area contributed by atoms with Crippen LogP contribution < -0.4 is 19.9 Å². The number of rotatable bonds is 4. The first-order chi connectivity index (χ1) is 9.76. The van der Waals surface area contributed by atoms with E-state index in [-0.39, 0.29) is 6.79 Å². The van der Waals surface area contributed by atoms with Gasteiger partial charge in [-0.15, -0.1) is 0 Å². The Morgan fingerprint density at radius 3 is 2.75 bits per heavy atom. The molecule has 2 heterocycles. The van der Waals surface area contributed by atoms with E-state index < -0.39 is 0 Å². The number of pyridine rings is 1. The molecule has 0 aliphatic carbocycles. The highest BCUT2D eigenvalue weighted by Crippen LogP contribution is 2.38. The van der Waals surface area contributed by atoms with Crippen LogP contribution in [0.25, 0.3) is 0 Å². The third-order valence-electron chi connectivity index (χ3n) is 2.94. The number of nitrogens with two attached hydrogens (primary N) is 1. The fourth-order valence-corrected chi connectivity index (χ4v) is 2.14. The summed E-state index contributed by atoms with van der Waals surface area (Å²) >= 11 is 3.35. The van der Waals surface area contributed by atoms with E-state index in [1.54, 1.807) is 6.20 Å². The molecule has 3 rings (SSSR count). The Labute approximate surface area is 124 Å². The first kappa shape index (κ1) is 13.2. The van der Waals surface area contributed by atoms with Gasteiger partial charge in [-0.3, -0.25) is 4.98 Å². The Bertz CT molecular complexity index is 617. The fourth-order valence-electron chi connectivity index (χ4n) is 1.90. The van der Waals surface area contributed by atoms with E-state index in [2.05, 4.69) is 20.9 Å². The molecular formula is C14H13BrN2O3. The molecule has 0 bridgehead atoms. The number of aromatic nitrogens is 1. The number of hydrogen-bond donors (Lipinski definition) is 1. The maximum atomic E-state index is 5.79. The largest absolute Gasteiger partial charge is 0.487 e. The number of nitrogens with zero attached hydrogens (tertiary/aromatic N) is 1. The van der Waals surface area contributed by atoms with Crippen molar-refractivity contribution in [2.24, 2.45) is 5.73 Å². The van der Waals surface area contributed by atoms with Crippen LogP contribution in [0, 0.1) is 0 Å². The first-order valence-corrected chi connectivity index (χ1v) is 6.91. The molecule has 0 radical (unpaired) electrons. The topological polar surface area (TPSA) is 66.6 Å². The van der Waals surface area contributed by atoms with Gasteiger partial charge >= 0.3 is 0 Å². The van der Waals surface area contributed by atoms with Crippen molar-refractivity contribution in [2.45, 2.75) is 13.2 Å². The highest BCUT2D eigenvalue weighted by atomic mass is 79.9. The van der Waals surface area contributed by atoms with Crippen LogP contribution >= 0.6 is 15.9 Å². The molecule has 0 saturated carbocycles. The Kier molecular flexibility index (Phi) is 3.75. The predicted molar refractivity (Wildman–Crippen MR) is 76.7 cm³/mol. The quantitative estimate of drug-likeness (QED) is 0.929.